The second kappa shape index (κ2) is 5.21. The Bertz CT molecular complexity index is 328. The highest BCUT2D eigenvalue weighted by Gasteiger charge is 2.15. The van der Waals surface area contributed by atoms with Gasteiger partial charge in [-0.15, -0.1) is 0 Å². The largest absolute Gasteiger partial charge is 0.496 e. The summed E-state index contributed by atoms with van der Waals surface area (Å²) in [7, 11) is 3.32. The summed E-state index contributed by atoms with van der Waals surface area (Å²) in [5.74, 6) is 2.05. The molecule has 3 nitrogen and oxygen atoms in total. The second-order valence-electron chi connectivity index (χ2n) is 4.28. The molecule has 1 aromatic rings. The molecule has 0 aliphatic rings. The van der Waals surface area contributed by atoms with Gasteiger partial charge >= 0.3 is 0 Å². The van der Waals surface area contributed by atoms with E-state index in [0.717, 1.165) is 22.6 Å². The molecule has 0 spiro atoms. The fourth-order valence-electron chi connectivity index (χ4n) is 1.76. The zero-order chi connectivity index (χ0) is 12.3. The van der Waals surface area contributed by atoms with Gasteiger partial charge in [-0.05, 0) is 24.5 Å². The van der Waals surface area contributed by atoms with E-state index in [9.17, 15) is 0 Å². The highest BCUT2D eigenvalue weighted by molar-refractivity contribution is 5.49. The summed E-state index contributed by atoms with van der Waals surface area (Å²) in [5.41, 5.74) is 8.11. The molecule has 0 aromatic heterocycles. The zero-order valence-electron chi connectivity index (χ0n) is 10.7. The van der Waals surface area contributed by atoms with Crippen molar-refractivity contribution in [1.29, 1.82) is 0 Å². The molecule has 0 amide bonds. The van der Waals surface area contributed by atoms with Crippen molar-refractivity contribution in [2.24, 2.45) is 5.73 Å². The summed E-state index contributed by atoms with van der Waals surface area (Å²) in [6, 6.07) is 3.94. The molecule has 90 valence electrons. The van der Waals surface area contributed by atoms with Crippen LogP contribution in [0.15, 0.2) is 12.1 Å². The molecule has 1 rings (SSSR count). The van der Waals surface area contributed by atoms with Gasteiger partial charge in [-0.2, -0.15) is 0 Å². The predicted molar refractivity (Wildman–Crippen MR) is 66.2 cm³/mol. The van der Waals surface area contributed by atoms with Gasteiger partial charge in [0.05, 0.1) is 14.2 Å². The van der Waals surface area contributed by atoms with Crippen molar-refractivity contribution >= 4 is 0 Å². The first-order valence-corrected chi connectivity index (χ1v) is 5.52. The Morgan fingerprint density at radius 2 is 1.44 bits per heavy atom. The molecule has 1 aromatic carbocycles. The lowest BCUT2D eigenvalue weighted by molar-refractivity contribution is 0.385. The van der Waals surface area contributed by atoms with E-state index < -0.39 is 0 Å². The Labute approximate surface area is 97.6 Å². The summed E-state index contributed by atoms with van der Waals surface area (Å²) >= 11 is 0. The number of nitrogens with two attached hydrogens (primary N) is 1. The molecular weight excluding hydrogens is 202 g/mol. The Kier molecular flexibility index (Phi) is 4.19. The minimum atomic E-state index is -0.0432. The fraction of sp³-hybridized carbons (Fsp3) is 0.538. The van der Waals surface area contributed by atoms with E-state index in [1.165, 1.54) is 0 Å². The van der Waals surface area contributed by atoms with E-state index >= 15 is 0 Å². The third kappa shape index (κ3) is 2.47. The quantitative estimate of drug-likeness (QED) is 0.853. The number of hydrogen-bond acceptors (Lipinski definition) is 3. The topological polar surface area (TPSA) is 44.5 Å². The van der Waals surface area contributed by atoms with Crippen molar-refractivity contribution in [2.45, 2.75) is 32.7 Å². The number of methoxy groups -OCH3 is 2. The van der Waals surface area contributed by atoms with Crippen molar-refractivity contribution in [2.75, 3.05) is 14.2 Å². The lowest BCUT2D eigenvalue weighted by atomic mass is 9.96. The molecule has 0 saturated heterocycles. The third-order valence-electron chi connectivity index (χ3n) is 2.69. The van der Waals surface area contributed by atoms with Gasteiger partial charge in [-0.3, -0.25) is 0 Å². The zero-order valence-corrected chi connectivity index (χ0v) is 10.7. The molecule has 0 heterocycles. The van der Waals surface area contributed by atoms with Gasteiger partial charge in [0.2, 0.25) is 0 Å². The molecule has 0 saturated carbocycles. The maximum absolute atomic E-state index is 5.93. The number of benzene rings is 1. The lowest BCUT2D eigenvalue weighted by Crippen LogP contribution is -2.09. The smallest absolute Gasteiger partial charge is 0.127 e. The van der Waals surface area contributed by atoms with Gasteiger partial charge in [0.1, 0.15) is 11.5 Å². The number of ether oxygens (including phenoxy) is 2. The summed E-state index contributed by atoms with van der Waals surface area (Å²) in [6.45, 7) is 6.22. The molecule has 16 heavy (non-hydrogen) atoms. The minimum Gasteiger partial charge on any atom is -0.496 e. The van der Waals surface area contributed by atoms with Crippen LogP contribution in [0.3, 0.4) is 0 Å². The van der Waals surface area contributed by atoms with Crippen LogP contribution in [0.2, 0.25) is 0 Å². The standard InChI is InChI=1S/C13H21NO2/c1-8(2)10-6-11(9(3)14)13(16-5)7-12(10)15-4/h6-9H,14H2,1-5H3. The normalized spacial score (nSPS) is 12.7. The summed E-state index contributed by atoms with van der Waals surface area (Å²) in [4.78, 5) is 0. The van der Waals surface area contributed by atoms with Gasteiger partial charge in [0.15, 0.2) is 0 Å². The van der Waals surface area contributed by atoms with Crippen LogP contribution in [-0.4, -0.2) is 14.2 Å². The maximum Gasteiger partial charge on any atom is 0.127 e. The first-order valence-electron chi connectivity index (χ1n) is 5.52. The second-order valence-corrected chi connectivity index (χ2v) is 4.28. The van der Waals surface area contributed by atoms with Crippen molar-refractivity contribution in [3.05, 3.63) is 23.3 Å². The van der Waals surface area contributed by atoms with Crippen LogP contribution < -0.4 is 15.2 Å². The molecule has 0 radical (unpaired) electrons. The fourth-order valence-corrected chi connectivity index (χ4v) is 1.76. The van der Waals surface area contributed by atoms with Crippen LogP contribution in [0.1, 0.15) is 43.9 Å². The predicted octanol–water partition coefficient (Wildman–Crippen LogP) is 2.85. The van der Waals surface area contributed by atoms with Crippen molar-refractivity contribution in [3.8, 4) is 11.5 Å². The molecule has 1 unspecified atom stereocenters. The lowest BCUT2D eigenvalue weighted by Gasteiger charge is -2.18. The van der Waals surface area contributed by atoms with Crippen LogP contribution in [-0.2, 0) is 0 Å². The van der Waals surface area contributed by atoms with Crippen LogP contribution in [0.5, 0.6) is 11.5 Å². The Balaban J connectivity index is 3.35. The number of rotatable bonds is 4. The van der Waals surface area contributed by atoms with E-state index in [1.807, 2.05) is 13.0 Å². The SMILES string of the molecule is COc1cc(OC)c(C(C)N)cc1C(C)C. The molecule has 2 N–H and O–H groups in total. The summed E-state index contributed by atoms with van der Waals surface area (Å²) < 4.78 is 10.7. The molecule has 0 aliphatic carbocycles. The highest BCUT2D eigenvalue weighted by atomic mass is 16.5. The molecular formula is C13H21NO2. The maximum atomic E-state index is 5.93. The van der Waals surface area contributed by atoms with Crippen molar-refractivity contribution in [1.82, 2.24) is 0 Å². The average molecular weight is 223 g/mol. The monoisotopic (exact) mass is 223 g/mol. The van der Waals surface area contributed by atoms with E-state index in [2.05, 4.69) is 19.9 Å². The molecule has 0 fully saturated rings. The van der Waals surface area contributed by atoms with Gasteiger partial charge in [-0.1, -0.05) is 13.8 Å². The van der Waals surface area contributed by atoms with E-state index in [-0.39, 0.29) is 6.04 Å². The van der Waals surface area contributed by atoms with E-state index in [4.69, 9.17) is 15.2 Å². The van der Waals surface area contributed by atoms with Crippen LogP contribution in [0.4, 0.5) is 0 Å². The van der Waals surface area contributed by atoms with Gasteiger partial charge in [-0.25, -0.2) is 0 Å². The number of hydrogen-bond donors (Lipinski definition) is 1. The van der Waals surface area contributed by atoms with Gasteiger partial charge in [0, 0.05) is 17.7 Å². The van der Waals surface area contributed by atoms with Gasteiger partial charge < -0.3 is 15.2 Å². The summed E-state index contributed by atoms with van der Waals surface area (Å²) in [5, 5.41) is 0. The molecule has 0 aliphatic heterocycles. The van der Waals surface area contributed by atoms with Crippen LogP contribution in [0.25, 0.3) is 0 Å². The van der Waals surface area contributed by atoms with E-state index in [0.29, 0.717) is 5.92 Å². The summed E-state index contributed by atoms with van der Waals surface area (Å²) in [6.07, 6.45) is 0. The van der Waals surface area contributed by atoms with Crippen LogP contribution in [0, 0.1) is 0 Å². The molecule has 1 atom stereocenters. The van der Waals surface area contributed by atoms with Gasteiger partial charge in [0.25, 0.3) is 0 Å². The Morgan fingerprint density at radius 3 is 1.81 bits per heavy atom. The third-order valence-corrected chi connectivity index (χ3v) is 2.69. The molecule has 0 bridgehead atoms. The van der Waals surface area contributed by atoms with Crippen LogP contribution >= 0.6 is 0 Å². The first kappa shape index (κ1) is 12.8. The average Bonchev–Trinajstić information content (AvgIpc) is 2.26. The van der Waals surface area contributed by atoms with E-state index in [1.54, 1.807) is 14.2 Å². The highest BCUT2D eigenvalue weighted by Crippen LogP contribution is 2.35. The van der Waals surface area contributed by atoms with Crippen molar-refractivity contribution in [3.63, 3.8) is 0 Å². The Hall–Kier alpha value is -1.22. The Morgan fingerprint density at radius 1 is 0.938 bits per heavy atom. The minimum absolute atomic E-state index is 0.0432. The first-order chi connectivity index (χ1) is 7.51. The van der Waals surface area contributed by atoms with Crippen molar-refractivity contribution < 1.29 is 9.47 Å². The molecule has 3 heteroatoms.